The van der Waals surface area contributed by atoms with Crippen molar-refractivity contribution in [3.8, 4) is 5.69 Å². The van der Waals surface area contributed by atoms with Gasteiger partial charge in [-0.05, 0) is 35.0 Å². The minimum Gasteiger partial charge on any atom is -0.216 e. The van der Waals surface area contributed by atoms with Crippen molar-refractivity contribution < 1.29 is 8.78 Å². The molecule has 0 bridgehead atoms. The third-order valence-corrected chi connectivity index (χ3v) is 2.62. The molecule has 3 nitrogen and oxygen atoms in total. The van der Waals surface area contributed by atoms with Gasteiger partial charge in [0.1, 0.15) is 17.3 Å². The zero-order chi connectivity index (χ0) is 11.9. The van der Waals surface area contributed by atoms with E-state index in [1.807, 2.05) is 0 Å². The van der Waals surface area contributed by atoms with E-state index in [1.165, 1.54) is 6.07 Å². The molecule has 83 valence electrons. The van der Waals surface area contributed by atoms with Crippen LogP contribution in [0.2, 0.25) is 0 Å². The molecule has 0 atom stereocenters. The fourth-order valence-corrected chi connectivity index (χ4v) is 1.67. The standard InChI is InChI=1S/C10H7BrF2N3/c1-5-14-6(2)16(15-5)10-8(12)4-3-7(11)9(10)13/h3-4H,2H2,1H3. The largest absolute Gasteiger partial charge is 0.216 e. The summed E-state index contributed by atoms with van der Waals surface area (Å²) in [4.78, 5) is 3.89. The Balaban J connectivity index is 2.73. The fraction of sp³-hybridized carbons (Fsp3) is 0.100. The Kier molecular flexibility index (Phi) is 2.75. The Morgan fingerprint density at radius 2 is 2.06 bits per heavy atom. The molecule has 1 heterocycles. The van der Waals surface area contributed by atoms with Crippen molar-refractivity contribution in [3.63, 3.8) is 0 Å². The van der Waals surface area contributed by atoms with Gasteiger partial charge >= 0.3 is 0 Å². The lowest BCUT2D eigenvalue weighted by Crippen LogP contribution is -2.06. The lowest BCUT2D eigenvalue weighted by molar-refractivity contribution is 0.554. The lowest BCUT2D eigenvalue weighted by atomic mass is 10.3. The second-order valence-electron chi connectivity index (χ2n) is 3.18. The molecule has 0 unspecified atom stereocenters. The van der Waals surface area contributed by atoms with Crippen LogP contribution in [0.1, 0.15) is 11.6 Å². The predicted octanol–water partition coefficient (Wildman–Crippen LogP) is 2.80. The molecule has 0 aliphatic heterocycles. The molecular formula is C10H7BrF2N3. The topological polar surface area (TPSA) is 30.7 Å². The van der Waals surface area contributed by atoms with Crippen LogP contribution in [0.25, 0.3) is 5.69 Å². The lowest BCUT2D eigenvalue weighted by Gasteiger charge is -2.07. The quantitative estimate of drug-likeness (QED) is 0.755. The smallest absolute Gasteiger partial charge is 0.166 e. The highest BCUT2D eigenvalue weighted by Gasteiger charge is 2.17. The summed E-state index contributed by atoms with van der Waals surface area (Å²) in [7, 11) is 0. The van der Waals surface area contributed by atoms with Crippen molar-refractivity contribution >= 4 is 15.9 Å². The Hall–Kier alpha value is -1.30. The third-order valence-electron chi connectivity index (χ3n) is 2.01. The number of hydrogen-bond acceptors (Lipinski definition) is 2. The van der Waals surface area contributed by atoms with Gasteiger partial charge in [-0.15, -0.1) is 0 Å². The molecule has 2 rings (SSSR count). The van der Waals surface area contributed by atoms with E-state index < -0.39 is 11.6 Å². The van der Waals surface area contributed by atoms with Crippen LogP contribution in [0.15, 0.2) is 16.6 Å². The van der Waals surface area contributed by atoms with E-state index in [1.54, 1.807) is 6.92 Å². The Bertz CT molecular complexity index is 551. The molecule has 0 saturated heterocycles. The highest BCUT2D eigenvalue weighted by molar-refractivity contribution is 9.10. The van der Waals surface area contributed by atoms with Crippen LogP contribution >= 0.6 is 15.9 Å². The number of hydrogen-bond donors (Lipinski definition) is 0. The summed E-state index contributed by atoms with van der Waals surface area (Å²) in [5.41, 5.74) is -0.278. The van der Waals surface area contributed by atoms with Gasteiger partial charge in [-0.1, -0.05) is 0 Å². The number of benzene rings is 1. The van der Waals surface area contributed by atoms with E-state index in [0.29, 0.717) is 5.82 Å². The molecule has 1 aromatic heterocycles. The predicted molar refractivity (Wildman–Crippen MR) is 58.2 cm³/mol. The Labute approximate surface area is 99.2 Å². The highest BCUT2D eigenvalue weighted by Crippen LogP contribution is 2.25. The normalized spacial score (nSPS) is 10.8. The molecule has 0 fully saturated rings. The molecule has 1 radical (unpaired) electrons. The molecule has 0 saturated carbocycles. The van der Waals surface area contributed by atoms with E-state index in [9.17, 15) is 8.78 Å². The van der Waals surface area contributed by atoms with Crippen LogP contribution < -0.4 is 0 Å². The third kappa shape index (κ3) is 1.73. The van der Waals surface area contributed by atoms with E-state index in [0.717, 1.165) is 10.7 Å². The van der Waals surface area contributed by atoms with Crippen molar-refractivity contribution in [1.82, 2.24) is 14.8 Å². The average molecular weight is 287 g/mol. The molecule has 0 spiro atoms. The Morgan fingerprint density at radius 1 is 1.38 bits per heavy atom. The summed E-state index contributed by atoms with van der Waals surface area (Å²) in [5.74, 6) is -0.845. The van der Waals surface area contributed by atoms with E-state index in [2.05, 4.69) is 32.9 Å². The van der Waals surface area contributed by atoms with Crippen molar-refractivity contribution in [2.75, 3.05) is 0 Å². The SMILES string of the molecule is [CH2]c1nc(C)nn1-c1c(F)ccc(Br)c1F. The molecular weight excluding hydrogens is 280 g/mol. The molecule has 0 aliphatic carbocycles. The summed E-state index contributed by atoms with van der Waals surface area (Å²) >= 11 is 2.99. The van der Waals surface area contributed by atoms with Crippen molar-refractivity contribution in [2.24, 2.45) is 0 Å². The molecule has 0 aliphatic rings. The molecule has 1 aromatic carbocycles. The van der Waals surface area contributed by atoms with Gasteiger partial charge in [-0.2, -0.15) is 5.10 Å². The van der Waals surface area contributed by atoms with Gasteiger partial charge in [0.2, 0.25) is 0 Å². The zero-order valence-corrected chi connectivity index (χ0v) is 9.92. The molecule has 16 heavy (non-hydrogen) atoms. The second-order valence-corrected chi connectivity index (χ2v) is 4.03. The summed E-state index contributed by atoms with van der Waals surface area (Å²) < 4.78 is 28.5. The van der Waals surface area contributed by atoms with Gasteiger partial charge in [0.15, 0.2) is 11.6 Å². The van der Waals surface area contributed by atoms with Crippen molar-refractivity contribution in [1.29, 1.82) is 0 Å². The van der Waals surface area contributed by atoms with E-state index in [-0.39, 0.29) is 16.0 Å². The first-order chi connectivity index (χ1) is 7.50. The number of rotatable bonds is 1. The first-order valence-electron chi connectivity index (χ1n) is 4.40. The molecule has 6 heteroatoms. The second kappa shape index (κ2) is 3.93. The van der Waals surface area contributed by atoms with Crippen LogP contribution in [0, 0.1) is 25.5 Å². The van der Waals surface area contributed by atoms with Gasteiger partial charge in [-0.3, -0.25) is 0 Å². The number of aromatic nitrogens is 3. The van der Waals surface area contributed by atoms with Gasteiger partial charge in [-0.25, -0.2) is 18.4 Å². The maximum Gasteiger partial charge on any atom is 0.166 e. The van der Waals surface area contributed by atoms with Gasteiger partial charge in [0.25, 0.3) is 0 Å². The van der Waals surface area contributed by atoms with Crippen molar-refractivity contribution in [2.45, 2.75) is 6.92 Å². The summed E-state index contributed by atoms with van der Waals surface area (Å²) in [6.07, 6.45) is 0. The first kappa shape index (κ1) is 11.2. The van der Waals surface area contributed by atoms with Gasteiger partial charge in [0, 0.05) is 6.92 Å². The van der Waals surface area contributed by atoms with Crippen LogP contribution in [0.4, 0.5) is 8.78 Å². The summed E-state index contributed by atoms with van der Waals surface area (Å²) in [6, 6.07) is 2.44. The monoisotopic (exact) mass is 286 g/mol. The van der Waals surface area contributed by atoms with Crippen molar-refractivity contribution in [3.05, 3.63) is 46.8 Å². The van der Waals surface area contributed by atoms with Gasteiger partial charge < -0.3 is 0 Å². The highest BCUT2D eigenvalue weighted by atomic mass is 79.9. The maximum atomic E-state index is 13.7. The fourth-order valence-electron chi connectivity index (χ4n) is 1.35. The number of halogens is 3. The average Bonchev–Trinajstić information content (AvgIpc) is 2.53. The maximum absolute atomic E-state index is 13.7. The molecule has 0 N–H and O–H groups in total. The van der Waals surface area contributed by atoms with E-state index in [4.69, 9.17) is 0 Å². The number of aryl methyl sites for hydroxylation is 1. The summed E-state index contributed by atoms with van der Waals surface area (Å²) in [6.45, 7) is 5.19. The van der Waals surface area contributed by atoms with Crippen LogP contribution in [0.5, 0.6) is 0 Å². The molecule has 2 aromatic rings. The van der Waals surface area contributed by atoms with Crippen LogP contribution in [0.3, 0.4) is 0 Å². The summed E-state index contributed by atoms with van der Waals surface area (Å²) in [5, 5.41) is 3.89. The van der Waals surface area contributed by atoms with Crippen LogP contribution in [-0.4, -0.2) is 14.8 Å². The number of nitrogens with zero attached hydrogens (tertiary/aromatic N) is 3. The molecule has 0 amide bonds. The zero-order valence-electron chi connectivity index (χ0n) is 8.34. The van der Waals surface area contributed by atoms with Crippen LogP contribution in [-0.2, 0) is 0 Å². The Morgan fingerprint density at radius 3 is 2.62 bits per heavy atom. The van der Waals surface area contributed by atoms with E-state index >= 15 is 0 Å². The van der Waals surface area contributed by atoms with Gasteiger partial charge in [0.05, 0.1) is 4.47 Å². The first-order valence-corrected chi connectivity index (χ1v) is 5.19. The minimum atomic E-state index is -0.727. The minimum absolute atomic E-state index is 0.163.